The van der Waals surface area contributed by atoms with E-state index in [1.807, 2.05) is 13.8 Å². The molecule has 2 aromatic carbocycles. The fourth-order valence-electron chi connectivity index (χ4n) is 4.55. The summed E-state index contributed by atoms with van der Waals surface area (Å²) in [6, 6.07) is 13.3. The summed E-state index contributed by atoms with van der Waals surface area (Å²) in [6.45, 7) is 7.16. The largest absolute Gasteiger partial charge is 0.340 e. The molecule has 0 saturated carbocycles. The molecule has 0 aliphatic rings. The van der Waals surface area contributed by atoms with Crippen molar-refractivity contribution in [1.29, 1.82) is 0 Å². The summed E-state index contributed by atoms with van der Waals surface area (Å²) in [6.07, 6.45) is 13.7. The van der Waals surface area contributed by atoms with Gasteiger partial charge in [0.25, 0.3) is 0 Å². The Bertz CT molecular complexity index is 1030. The molecule has 31 heavy (non-hydrogen) atoms. The maximum absolute atomic E-state index is 3.21. The molecule has 1 nitrogen and oxygen atoms in total. The summed E-state index contributed by atoms with van der Waals surface area (Å²) in [4.78, 5) is 0. The zero-order valence-electron chi connectivity index (χ0n) is 19.7. The van der Waals surface area contributed by atoms with Crippen molar-refractivity contribution < 1.29 is 0 Å². The quantitative estimate of drug-likeness (QED) is 0.220. The molecule has 0 aliphatic carbocycles. The van der Waals surface area contributed by atoms with Gasteiger partial charge in [0.2, 0.25) is 0 Å². The van der Waals surface area contributed by atoms with Crippen LogP contribution in [0.3, 0.4) is 0 Å². The number of unbranched alkanes of at least 4 members (excludes halogenated alkanes) is 9. The third-order valence-electron chi connectivity index (χ3n) is 6.14. The van der Waals surface area contributed by atoms with Crippen LogP contribution in [0.4, 0.5) is 0 Å². The third-order valence-corrected chi connectivity index (χ3v) is 6.14. The van der Waals surface area contributed by atoms with Gasteiger partial charge < -0.3 is 4.57 Å². The summed E-state index contributed by atoms with van der Waals surface area (Å²) in [5.74, 6) is 12.5. The van der Waals surface area contributed by atoms with Gasteiger partial charge in [-0.3, -0.25) is 0 Å². The number of aryl methyl sites for hydroxylation is 1. The van der Waals surface area contributed by atoms with Crippen molar-refractivity contribution in [3.63, 3.8) is 0 Å². The molecule has 0 amide bonds. The number of aromatic nitrogens is 1. The molecule has 0 N–H and O–H groups in total. The van der Waals surface area contributed by atoms with Gasteiger partial charge in [0.05, 0.1) is 0 Å². The van der Waals surface area contributed by atoms with E-state index >= 15 is 0 Å². The zero-order chi connectivity index (χ0) is 21.9. The topological polar surface area (TPSA) is 4.93 Å². The van der Waals surface area contributed by atoms with Gasteiger partial charge in [-0.15, -0.1) is 11.8 Å². The van der Waals surface area contributed by atoms with Crippen molar-refractivity contribution in [3.05, 3.63) is 47.5 Å². The number of nitrogens with zero attached hydrogens (tertiary/aromatic N) is 1. The molecule has 0 bridgehead atoms. The second-order valence-corrected chi connectivity index (χ2v) is 8.55. The molecule has 0 fully saturated rings. The lowest BCUT2D eigenvalue weighted by Gasteiger charge is -2.08. The Kier molecular flexibility index (Phi) is 9.12. The van der Waals surface area contributed by atoms with E-state index in [0.717, 1.165) is 17.7 Å². The van der Waals surface area contributed by atoms with Crippen LogP contribution in [0.2, 0.25) is 0 Å². The van der Waals surface area contributed by atoms with E-state index < -0.39 is 0 Å². The molecule has 3 aromatic rings. The van der Waals surface area contributed by atoms with Crippen LogP contribution in [-0.4, -0.2) is 4.57 Å². The monoisotopic (exact) mass is 411 g/mol. The minimum Gasteiger partial charge on any atom is -0.340 e. The van der Waals surface area contributed by atoms with Gasteiger partial charge in [0.15, 0.2) is 0 Å². The first-order valence-electron chi connectivity index (χ1n) is 12.2. The van der Waals surface area contributed by atoms with Crippen molar-refractivity contribution in [2.45, 2.75) is 91.5 Å². The van der Waals surface area contributed by atoms with Gasteiger partial charge in [-0.25, -0.2) is 0 Å². The molecule has 1 aromatic heterocycles. The summed E-state index contributed by atoms with van der Waals surface area (Å²) in [7, 11) is 0. The molecule has 3 rings (SSSR count). The van der Waals surface area contributed by atoms with Crippen LogP contribution in [-0.2, 0) is 6.54 Å². The molecule has 0 spiro atoms. The lowest BCUT2D eigenvalue weighted by molar-refractivity contribution is 0.541. The zero-order valence-corrected chi connectivity index (χ0v) is 19.7. The van der Waals surface area contributed by atoms with Crippen LogP contribution in [0.25, 0.3) is 21.8 Å². The average molecular weight is 412 g/mol. The van der Waals surface area contributed by atoms with Gasteiger partial charge >= 0.3 is 0 Å². The van der Waals surface area contributed by atoms with Crippen molar-refractivity contribution in [3.8, 4) is 23.7 Å². The Hall–Kier alpha value is -2.64. The number of hydrogen-bond acceptors (Lipinski definition) is 0. The highest BCUT2D eigenvalue weighted by molar-refractivity contribution is 6.08. The summed E-state index contributed by atoms with van der Waals surface area (Å²) < 4.78 is 2.50. The van der Waals surface area contributed by atoms with E-state index in [2.05, 4.69) is 71.6 Å². The lowest BCUT2D eigenvalue weighted by Crippen LogP contribution is -1.98. The van der Waals surface area contributed by atoms with Gasteiger partial charge in [0.1, 0.15) is 0 Å². The summed E-state index contributed by atoms with van der Waals surface area (Å²) >= 11 is 0. The number of fused-ring (bicyclic) bond motifs is 3. The molecular weight excluding hydrogens is 374 g/mol. The second-order valence-electron chi connectivity index (χ2n) is 8.55. The standard InChI is InChI=1S/C30H37N/c1-4-7-8-9-10-11-12-13-14-15-22-31-29-20-18-25(16-5-2)23-27(29)28-24-26(17-6-3)19-21-30(28)31/h18-21,23-24H,4,7-15,22H2,1-3H3. The van der Waals surface area contributed by atoms with E-state index in [1.54, 1.807) is 0 Å². The Morgan fingerprint density at radius 1 is 0.613 bits per heavy atom. The van der Waals surface area contributed by atoms with Crippen LogP contribution in [0.15, 0.2) is 36.4 Å². The van der Waals surface area contributed by atoms with E-state index in [1.165, 1.54) is 86.0 Å². The summed E-state index contributed by atoms with van der Waals surface area (Å²) in [5, 5.41) is 2.59. The molecule has 162 valence electrons. The Labute approximate surface area is 189 Å². The fourth-order valence-corrected chi connectivity index (χ4v) is 4.55. The van der Waals surface area contributed by atoms with E-state index in [0.29, 0.717) is 0 Å². The molecular formula is C30H37N. The Morgan fingerprint density at radius 2 is 1.06 bits per heavy atom. The molecule has 0 aliphatic heterocycles. The Balaban J connectivity index is 1.69. The van der Waals surface area contributed by atoms with Crippen LogP contribution in [0, 0.1) is 23.7 Å². The van der Waals surface area contributed by atoms with Crippen molar-refractivity contribution in [1.82, 2.24) is 4.57 Å². The molecule has 0 atom stereocenters. The smallest absolute Gasteiger partial charge is 0.0492 e. The number of rotatable bonds is 11. The minimum atomic E-state index is 1.08. The molecule has 0 radical (unpaired) electrons. The van der Waals surface area contributed by atoms with Gasteiger partial charge in [-0.2, -0.15) is 0 Å². The molecule has 1 heteroatoms. The summed E-state index contributed by atoms with van der Waals surface area (Å²) in [5.41, 5.74) is 4.79. The van der Waals surface area contributed by atoms with Crippen molar-refractivity contribution in [2.75, 3.05) is 0 Å². The highest BCUT2D eigenvalue weighted by atomic mass is 15.0. The van der Waals surface area contributed by atoms with Crippen molar-refractivity contribution >= 4 is 21.8 Å². The predicted octanol–water partition coefficient (Wildman–Crippen LogP) is 8.46. The average Bonchev–Trinajstić information content (AvgIpc) is 3.08. The van der Waals surface area contributed by atoms with Gasteiger partial charge in [0, 0.05) is 39.5 Å². The fraction of sp³-hybridized carbons (Fsp3) is 0.467. The highest BCUT2D eigenvalue weighted by Crippen LogP contribution is 2.31. The number of hydrogen-bond donors (Lipinski definition) is 0. The van der Waals surface area contributed by atoms with Crippen molar-refractivity contribution in [2.24, 2.45) is 0 Å². The molecule has 1 heterocycles. The van der Waals surface area contributed by atoms with E-state index in [9.17, 15) is 0 Å². The Morgan fingerprint density at radius 3 is 1.52 bits per heavy atom. The molecule has 0 saturated heterocycles. The predicted molar refractivity (Wildman–Crippen MR) is 136 cm³/mol. The first kappa shape index (κ1) is 23.0. The third kappa shape index (κ3) is 6.18. The van der Waals surface area contributed by atoms with Crippen LogP contribution >= 0.6 is 0 Å². The minimum absolute atomic E-state index is 1.08. The van der Waals surface area contributed by atoms with Crippen LogP contribution in [0.5, 0.6) is 0 Å². The SMILES string of the molecule is CC#Cc1ccc2c(c1)c1cc(C#CC)ccc1n2CCCCCCCCCCCC. The maximum atomic E-state index is 3.21. The lowest BCUT2D eigenvalue weighted by atomic mass is 10.1. The van der Waals surface area contributed by atoms with Gasteiger partial charge in [-0.05, 0) is 56.7 Å². The van der Waals surface area contributed by atoms with Gasteiger partial charge in [-0.1, -0.05) is 76.6 Å². The normalized spacial score (nSPS) is 10.7. The molecule has 0 unspecified atom stereocenters. The first-order chi connectivity index (χ1) is 15.3. The van der Waals surface area contributed by atoms with Crippen LogP contribution < -0.4 is 0 Å². The highest BCUT2D eigenvalue weighted by Gasteiger charge is 2.11. The van der Waals surface area contributed by atoms with Crippen LogP contribution in [0.1, 0.15) is 96.1 Å². The van der Waals surface area contributed by atoms with E-state index in [4.69, 9.17) is 0 Å². The second kappa shape index (κ2) is 12.3. The first-order valence-corrected chi connectivity index (χ1v) is 12.2. The maximum Gasteiger partial charge on any atom is 0.0492 e. The van der Waals surface area contributed by atoms with E-state index in [-0.39, 0.29) is 0 Å². The number of benzene rings is 2.